The fourth-order valence-corrected chi connectivity index (χ4v) is 11.6. The predicted octanol–water partition coefficient (Wildman–Crippen LogP) is 8.82. The van der Waals surface area contributed by atoms with Gasteiger partial charge in [0, 0.05) is 12.4 Å². The molecule has 0 saturated heterocycles. The first-order chi connectivity index (χ1) is 26.7. The minimum absolute atomic E-state index is 0.133. The number of hydrogen-bond donors (Lipinski definition) is 0. The molecule has 2 heterocycles. The van der Waals surface area contributed by atoms with Crippen LogP contribution >= 0.6 is 0 Å². The van der Waals surface area contributed by atoms with Crippen molar-refractivity contribution in [3.05, 3.63) is 34.9 Å². The van der Waals surface area contributed by atoms with Crippen molar-refractivity contribution < 1.29 is 54.9 Å². The Hall–Kier alpha value is -3.72. The summed E-state index contributed by atoms with van der Waals surface area (Å²) in [6.07, 6.45) is 7.25. The van der Waals surface area contributed by atoms with E-state index in [0.717, 1.165) is 115 Å². The van der Waals surface area contributed by atoms with Crippen LogP contribution in [0, 0.1) is 47.3 Å². The molecule has 0 amide bonds. The lowest BCUT2D eigenvalue weighted by Gasteiger charge is -2.23. The molecule has 8 saturated carbocycles. The first-order valence-corrected chi connectivity index (χ1v) is 20.4. The van der Waals surface area contributed by atoms with Crippen LogP contribution in [-0.2, 0) is 21.8 Å². The number of rotatable bonds is 8. The fraction of sp³-hybridized carbons (Fsp3) is 0.750. The highest BCUT2D eigenvalue weighted by atomic mass is 19.4. The molecule has 304 valence electrons. The first-order valence-electron chi connectivity index (χ1n) is 20.4. The van der Waals surface area contributed by atoms with Crippen LogP contribution in [0.3, 0.4) is 0 Å². The Balaban J connectivity index is 0.000000146. The number of halogens is 6. The van der Waals surface area contributed by atoms with E-state index in [2.05, 4.69) is 19.9 Å². The minimum Gasteiger partial charge on any atom is -0.460 e. The predicted molar refractivity (Wildman–Crippen MR) is 183 cm³/mol. The zero-order chi connectivity index (χ0) is 38.9. The van der Waals surface area contributed by atoms with Crippen molar-refractivity contribution in [3.8, 4) is 12.0 Å². The third-order valence-corrected chi connectivity index (χ3v) is 14.2. The van der Waals surface area contributed by atoms with Gasteiger partial charge in [-0.1, -0.05) is 0 Å². The first kappa shape index (κ1) is 37.8. The van der Waals surface area contributed by atoms with Gasteiger partial charge in [0.15, 0.2) is 11.4 Å². The van der Waals surface area contributed by atoms with Crippen molar-refractivity contribution in [1.29, 1.82) is 0 Å². The largest absolute Gasteiger partial charge is 0.460 e. The lowest BCUT2D eigenvalue weighted by molar-refractivity contribution is -0.143. The molecule has 8 aliphatic carbocycles. The number of nitrogens with zero attached hydrogens (tertiary/aromatic N) is 4. The molecule has 0 unspecified atom stereocenters. The van der Waals surface area contributed by atoms with E-state index in [9.17, 15) is 35.9 Å². The molecular weight excluding hydrogens is 746 g/mol. The number of fused-ring (bicyclic) bond motifs is 8. The highest BCUT2D eigenvalue weighted by molar-refractivity contribution is 5.91. The van der Waals surface area contributed by atoms with Crippen molar-refractivity contribution in [2.75, 3.05) is 0 Å². The Morgan fingerprint density at radius 1 is 0.482 bits per heavy atom. The van der Waals surface area contributed by atoms with Gasteiger partial charge in [0.2, 0.25) is 0 Å². The molecule has 10 nitrogen and oxygen atoms in total. The molecule has 56 heavy (non-hydrogen) atoms. The van der Waals surface area contributed by atoms with Gasteiger partial charge in [0.25, 0.3) is 0 Å². The van der Waals surface area contributed by atoms with E-state index in [1.54, 1.807) is 0 Å². The Morgan fingerprint density at radius 3 is 1.07 bits per heavy atom. The molecule has 16 heteroatoms. The molecule has 8 aliphatic rings. The quantitative estimate of drug-likeness (QED) is 0.189. The summed E-state index contributed by atoms with van der Waals surface area (Å²) in [5.74, 6) is 1.52. The topological polar surface area (TPSA) is 123 Å². The van der Waals surface area contributed by atoms with E-state index in [4.69, 9.17) is 18.9 Å². The molecule has 0 spiro atoms. The van der Waals surface area contributed by atoms with Gasteiger partial charge in [0.05, 0.1) is 0 Å². The summed E-state index contributed by atoms with van der Waals surface area (Å²) in [5, 5.41) is 0. The van der Waals surface area contributed by atoms with E-state index >= 15 is 0 Å². The number of alkyl halides is 6. The number of carbonyl (C=O) groups is 2. The van der Waals surface area contributed by atoms with Gasteiger partial charge in [0.1, 0.15) is 35.5 Å². The number of aromatic nitrogens is 4. The molecule has 0 radical (unpaired) electrons. The van der Waals surface area contributed by atoms with Crippen LogP contribution < -0.4 is 9.47 Å². The molecule has 0 N–H and O–H groups in total. The maximum atomic E-state index is 13.6. The average Bonchev–Trinajstić information content (AvgIpc) is 4.02. The summed E-state index contributed by atoms with van der Waals surface area (Å²) in [5.41, 5.74) is -3.80. The molecule has 2 aromatic rings. The second kappa shape index (κ2) is 14.6. The molecule has 12 atom stereocenters. The van der Waals surface area contributed by atoms with Gasteiger partial charge in [-0.05, 0) is 150 Å². The van der Waals surface area contributed by atoms with Crippen LogP contribution in [0.4, 0.5) is 26.3 Å². The van der Waals surface area contributed by atoms with Crippen molar-refractivity contribution in [2.24, 2.45) is 47.3 Å². The fourth-order valence-electron chi connectivity index (χ4n) is 11.6. The minimum atomic E-state index is -4.78. The van der Waals surface area contributed by atoms with E-state index in [0.29, 0.717) is 35.5 Å². The summed E-state index contributed by atoms with van der Waals surface area (Å²) < 4.78 is 104. The van der Waals surface area contributed by atoms with E-state index in [1.807, 2.05) is 0 Å². The van der Waals surface area contributed by atoms with Crippen molar-refractivity contribution in [1.82, 2.24) is 19.9 Å². The molecule has 2 aromatic heterocycles. The van der Waals surface area contributed by atoms with Crippen LogP contribution in [0.15, 0.2) is 12.4 Å². The van der Waals surface area contributed by atoms with Crippen molar-refractivity contribution in [3.63, 3.8) is 0 Å². The maximum absolute atomic E-state index is 13.6. The molecule has 10 rings (SSSR count). The third kappa shape index (κ3) is 7.66. The van der Waals surface area contributed by atoms with Gasteiger partial charge in [-0.3, -0.25) is 0 Å². The summed E-state index contributed by atoms with van der Waals surface area (Å²) in [7, 11) is 0. The van der Waals surface area contributed by atoms with Crippen LogP contribution in [0.5, 0.6) is 12.0 Å². The highest BCUT2D eigenvalue weighted by Gasteiger charge is 2.47. The second-order valence-corrected chi connectivity index (χ2v) is 17.7. The Bertz CT molecular complexity index is 1700. The van der Waals surface area contributed by atoms with Gasteiger partial charge < -0.3 is 18.9 Å². The molecule has 0 aliphatic heterocycles. The normalized spacial score (nSPS) is 36.1. The van der Waals surface area contributed by atoms with E-state index in [1.165, 1.54) is 0 Å². The van der Waals surface area contributed by atoms with Gasteiger partial charge in [-0.25, -0.2) is 19.6 Å². The highest BCUT2D eigenvalue weighted by Crippen LogP contribution is 2.49. The molecule has 0 aromatic carbocycles. The third-order valence-electron chi connectivity index (χ3n) is 14.2. The lowest BCUT2D eigenvalue weighted by Crippen LogP contribution is -2.27. The zero-order valence-electron chi connectivity index (χ0n) is 30.9. The monoisotopic (exact) mass is 792 g/mol. The summed E-state index contributed by atoms with van der Waals surface area (Å²) in [4.78, 5) is 39.9. The van der Waals surface area contributed by atoms with Crippen molar-refractivity contribution in [2.45, 2.75) is 140 Å². The smallest absolute Gasteiger partial charge is 0.434 e. The summed E-state index contributed by atoms with van der Waals surface area (Å²) >= 11 is 0. The SMILES string of the molecule is O=C(O[C@@H]1C[C@H]2CC[C@@H]1C2)c1cnc(O[C@@H]2C[C@H]3CC[C@@H]2C3)nc1C(F)(F)F.O=C(O[C@@H]1C[C@H]2CC[C@@H]1C2)c1cnc(O[C@H]2C[C@@H]3CC[C@H]2C3)nc1C(F)(F)F. The van der Waals surface area contributed by atoms with Crippen molar-refractivity contribution >= 4 is 11.9 Å². The number of ether oxygens (including phenoxy) is 4. The maximum Gasteiger partial charge on any atom is 0.434 e. The Kier molecular flexibility index (Phi) is 9.85. The second-order valence-electron chi connectivity index (χ2n) is 17.7. The summed E-state index contributed by atoms with van der Waals surface area (Å²) in [6.45, 7) is 0. The van der Waals surface area contributed by atoms with Crippen LogP contribution in [0.2, 0.25) is 0 Å². The summed E-state index contributed by atoms with van der Waals surface area (Å²) in [6, 6.07) is -0.609. The molecule has 8 bridgehead atoms. The van der Waals surface area contributed by atoms with Crippen LogP contribution in [-0.4, -0.2) is 56.3 Å². The Labute approximate surface area is 320 Å². The number of esters is 2. The van der Waals surface area contributed by atoms with Crippen LogP contribution in [0.1, 0.15) is 135 Å². The average molecular weight is 793 g/mol. The van der Waals surface area contributed by atoms with Gasteiger partial charge in [-0.2, -0.15) is 36.3 Å². The molecule has 8 fully saturated rings. The lowest BCUT2D eigenvalue weighted by atomic mass is 9.98. The van der Waals surface area contributed by atoms with E-state index < -0.39 is 46.8 Å². The van der Waals surface area contributed by atoms with E-state index in [-0.39, 0.29) is 48.3 Å². The van der Waals surface area contributed by atoms with Gasteiger partial charge >= 0.3 is 36.3 Å². The standard InChI is InChI=1S/2C20H23F3N2O3/c2*21-20(22,23)17-14(18(26)27-15-7-10-1-3-12(15)5-10)9-24-19(25-17)28-16-8-11-2-4-13(16)6-11/h2*9-13,15-16H,1-8H2/t10-,11+,12+,13-,15+,16-;10-,11-,12+,13+,15+,16+/m00/s1. The van der Waals surface area contributed by atoms with Crippen LogP contribution in [0.25, 0.3) is 0 Å². The zero-order valence-corrected chi connectivity index (χ0v) is 30.9. The number of carbonyl (C=O) groups excluding carboxylic acids is 2. The number of hydrogen-bond acceptors (Lipinski definition) is 10. The van der Waals surface area contributed by atoms with Gasteiger partial charge in [-0.15, -0.1) is 0 Å². The molecular formula is C40H46F6N4O6. The Morgan fingerprint density at radius 2 is 0.804 bits per heavy atom.